The third-order valence-electron chi connectivity index (χ3n) is 2.69. The first-order valence-corrected chi connectivity index (χ1v) is 6.42. The molecule has 1 aromatic rings. The van der Waals surface area contributed by atoms with Crippen molar-refractivity contribution >= 4 is 17.6 Å². The molecule has 0 atom stereocenters. The van der Waals surface area contributed by atoms with Crippen LogP contribution >= 0.6 is 0 Å². The van der Waals surface area contributed by atoms with E-state index in [-0.39, 0.29) is 19.0 Å². The number of anilines is 1. The van der Waals surface area contributed by atoms with Gasteiger partial charge in [-0.05, 0) is 12.1 Å². The molecular formula is C14H20N2O5. The smallest absolute Gasteiger partial charge is 0.317 e. The highest BCUT2D eigenvalue weighted by Gasteiger charge is 2.14. The van der Waals surface area contributed by atoms with Gasteiger partial charge in [-0.25, -0.2) is 0 Å². The molecule has 2 N–H and O–H groups in total. The van der Waals surface area contributed by atoms with Gasteiger partial charge in [0, 0.05) is 25.4 Å². The van der Waals surface area contributed by atoms with E-state index in [0.29, 0.717) is 24.6 Å². The molecule has 0 heterocycles. The molecule has 0 spiro atoms. The number of rotatable bonds is 9. The van der Waals surface area contributed by atoms with E-state index in [9.17, 15) is 9.59 Å². The van der Waals surface area contributed by atoms with E-state index in [4.69, 9.17) is 14.6 Å². The van der Waals surface area contributed by atoms with Gasteiger partial charge in [-0.3, -0.25) is 14.5 Å². The van der Waals surface area contributed by atoms with Crippen molar-refractivity contribution in [2.75, 3.05) is 45.8 Å². The van der Waals surface area contributed by atoms with Crippen LogP contribution in [0, 0.1) is 0 Å². The largest absolute Gasteiger partial charge is 0.497 e. The van der Waals surface area contributed by atoms with Crippen molar-refractivity contribution in [1.82, 2.24) is 4.90 Å². The lowest BCUT2D eigenvalue weighted by Crippen LogP contribution is -2.38. The number of hydrogen-bond acceptors (Lipinski definition) is 5. The minimum Gasteiger partial charge on any atom is -0.497 e. The van der Waals surface area contributed by atoms with Crippen LogP contribution in [-0.4, -0.2) is 62.3 Å². The van der Waals surface area contributed by atoms with Crippen LogP contribution < -0.4 is 10.1 Å². The van der Waals surface area contributed by atoms with Crippen LogP contribution in [0.3, 0.4) is 0 Å². The highest BCUT2D eigenvalue weighted by atomic mass is 16.5. The van der Waals surface area contributed by atoms with Crippen molar-refractivity contribution in [2.45, 2.75) is 0 Å². The van der Waals surface area contributed by atoms with Crippen molar-refractivity contribution in [3.63, 3.8) is 0 Å². The number of benzene rings is 1. The topological polar surface area (TPSA) is 88.1 Å². The zero-order chi connectivity index (χ0) is 15.7. The summed E-state index contributed by atoms with van der Waals surface area (Å²) in [6, 6.07) is 6.95. The molecule has 1 aromatic carbocycles. The fourth-order valence-corrected chi connectivity index (χ4v) is 1.73. The predicted octanol–water partition coefficient (Wildman–Crippen LogP) is 0.667. The number of ether oxygens (including phenoxy) is 2. The van der Waals surface area contributed by atoms with E-state index in [1.54, 1.807) is 31.4 Å². The van der Waals surface area contributed by atoms with Crippen LogP contribution in [0.2, 0.25) is 0 Å². The monoisotopic (exact) mass is 296 g/mol. The summed E-state index contributed by atoms with van der Waals surface area (Å²) in [6.07, 6.45) is 0. The molecule has 1 amide bonds. The Labute approximate surface area is 123 Å². The highest BCUT2D eigenvalue weighted by molar-refractivity contribution is 5.92. The minimum absolute atomic E-state index is 0.0210. The van der Waals surface area contributed by atoms with Gasteiger partial charge in [0.25, 0.3) is 0 Å². The molecule has 21 heavy (non-hydrogen) atoms. The van der Waals surface area contributed by atoms with Crippen molar-refractivity contribution in [2.24, 2.45) is 0 Å². The lowest BCUT2D eigenvalue weighted by molar-refractivity contribution is -0.138. The summed E-state index contributed by atoms with van der Waals surface area (Å²) in [6.45, 7) is 0.496. The number of carbonyl (C=O) groups excluding carboxylic acids is 1. The fraction of sp³-hybridized carbons (Fsp3) is 0.429. The van der Waals surface area contributed by atoms with Gasteiger partial charge in [0.05, 0.1) is 26.8 Å². The number of methoxy groups -OCH3 is 2. The maximum atomic E-state index is 11.9. The number of carboxylic acids is 1. The first kappa shape index (κ1) is 16.9. The van der Waals surface area contributed by atoms with E-state index >= 15 is 0 Å². The molecule has 0 saturated carbocycles. The number of nitrogens with one attached hydrogen (secondary N) is 1. The van der Waals surface area contributed by atoms with Crippen molar-refractivity contribution < 1.29 is 24.2 Å². The molecule has 0 radical (unpaired) electrons. The van der Waals surface area contributed by atoms with Gasteiger partial charge in [0.15, 0.2) is 0 Å². The Morgan fingerprint density at radius 1 is 1.29 bits per heavy atom. The van der Waals surface area contributed by atoms with Crippen LogP contribution in [0.4, 0.5) is 5.69 Å². The number of aliphatic carboxylic acids is 1. The predicted molar refractivity (Wildman–Crippen MR) is 77.6 cm³/mol. The molecule has 0 aliphatic rings. The minimum atomic E-state index is -0.986. The van der Waals surface area contributed by atoms with Crippen molar-refractivity contribution in [1.29, 1.82) is 0 Å². The van der Waals surface area contributed by atoms with Gasteiger partial charge in [0.1, 0.15) is 5.75 Å². The fourth-order valence-electron chi connectivity index (χ4n) is 1.73. The Morgan fingerprint density at radius 3 is 2.67 bits per heavy atom. The third-order valence-corrected chi connectivity index (χ3v) is 2.69. The maximum Gasteiger partial charge on any atom is 0.317 e. The molecule has 0 aliphatic heterocycles. The Kier molecular flexibility index (Phi) is 7.20. The van der Waals surface area contributed by atoms with E-state index in [1.807, 2.05) is 0 Å². The summed E-state index contributed by atoms with van der Waals surface area (Å²) >= 11 is 0. The summed E-state index contributed by atoms with van der Waals surface area (Å²) in [5.41, 5.74) is 0.598. The first-order chi connectivity index (χ1) is 10.0. The van der Waals surface area contributed by atoms with Crippen LogP contribution in [0.1, 0.15) is 0 Å². The summed E-state index contributed by atoms with van der Waals surface area (Å²) in [5.74, 6) is -0.643. The number of hydrogen-bond donors (Lipinski definition) is 2. The zero-order valence-electron chi connectivity index (χ0n) is 12.2. The summed E-state index contributed by atoms with van der Waals surface area (Å²) in [7, 11) is 3.07. The van der Waals surface area contributed by atoms with E-state index in [2.05, 4.69) is 5.32 Å². The van der Waals surface area contributed by atoms with Crippen LogP contribution in [0.5, 0.6) is 5.75 Å². The third kappa shape index (κ3) is 6.73. The molecule has 0 fully saturated rings. The molecule has 0 unspecified atom stereocenters. The summed E-state index contributed by atoms with van der Waals surface area (Å²) in [4.78, 5) is 24.2. The summed E-state index contributed by atoms with van der Waals surface area (Å²) < 4.78 is 9.97. The summed E-state index contributed by atoms with van der Waals surface area (Å²) in [5, 5.41) is 11.5. The van der Waals surface area contributed by atoms with Gasteiger partial charge < -0.3 is 19.9 Å². The Hall–Kier alpha value is -2.12. The van der Waals surface area contributed by atoms with Crippen molar-refractivity contribution in [3.8, 4) is 5.75 Å². The highest BCUT2D eigenvalue weighted by Crippen LogP contribution is 2.16. The first-order valence-electron chi connectivity index (χ1n) is 6.42. The van der Waals surface area contributed by atoms with Gasteiger partial charge in [-0.15, -0.1) is 0 Å². The second kappa shape index (κ2) is 8.93. The van der Waals surface area contributed by atoms with Crippen LogP contribution in [0.25, 0.3) is 0 Å². The quantitative estimate of drug-likeness (QED) is 0.696. The maximum absolute atomic E-state index is 11.9. The zero-order valence-corrected chi connectivity index (χ0v) is 12.2. The molecule has 0 aromatic heterocycles. The molecule has 7 heteroatoms. The van der Waals surface area contributed by atoms with Crippen LogP contribution in [-0.2, 0) is 14.3 Å². The lowest BCUT2D eigenvalue weighted by atomic mass is 10.3. The van der Waals surface area contributed by atoms with Gasteiger partial charge >= 0.3 is 5.97 Å². The van der Waals surface area contributed by atoms with Crippen molar-refractivity contribution in [3.05, 3.63) is 24.3 Å². The molecule has 7 nitrogen and oxygen atoms in total. The van der Waals surface area contributed by atoms with E-state index in [1.165, 1.54) is 12.0 Å². The molecule has 0 saturated heterocycles. The molecule has 116 valence electrons. The standard InChI is InChI=1S/C14H20N2O5/c1-20-7-6-16(10-14(18)19)9-13(17)15-11-4-3-5-12(8-11)21-2/h3-5,8H,6-7,9-10H2,1-2H3,(H,15,17)(H,18,19). The molecule has 1 rings (SSSR count). The van der Waals surface area contributed by atoms with Gasteiger partial charge in [-0.2, -0.15) is 0 Å². The van der Waals surface area contributed by atoms with Crippen LogP contribution in [0.15, 0.2) is 24.3 Å². The number of carboxylic acid groups (broad SMARTS) is 1. The Balaban J connectivity index is 2.57. The average Bonchev–Trinajstić information content (AvgIpc) is 2.44. The number of nitrogens with zero attached hydrogens (tertiary/aromatic N) is 1. The number of carbonyl (C=O) groups is 2. The van der Waals surface area contributed by atoms with E-state index in [0.717, 1.165) is 0 Å². The number of amides is 1. The normalized spacial score (nSPS) is 10.4. The molecular weight excluding hydrogens is 276 g/mol. The average molecular weight is 296 g/mol. The lowest BCUT2D eigenvalue weighted by Gasteiger charge is -2.19. The Bertz CT molecular complexity index is 478. The second-order valence-electron chi connectivity index (χ2n) is 4.38. The van der Waals surface area contributed by atoms with E-state index < -0.39 is 5.97 Å². The molecule has 0 aliphatic carbocycles. The van der Waals surface area contributed by atoms with Gasteiger partial charge in [-0.1, -0.05) is 6.07 Å². The second-order valence-corrected chi connectivity index (χ2v) is 4.38. The molecule has 0 bridgehead atoms. The van der Waals surface area contributed by atoms with Gasteiger partial charge in [0.2, 0.25) is 5.91 Å². The Morgan fingerprint density at radius 2 is 2.05 bits per heavy atom. The SMILES string of the molecule is COCCN(CC(=O)O)CC(=O)Nc1cccc(OC)c1.